The van der Waals surface area contributed by atoms with Crippen LogP contribution < -0.4 is 4.90 Å². The Morgan fingerprint density at radius 1 is 1.12 bits per heavy atom. The fourth-order valence-electron chi connectivity index (χ4n) is 3.31. The maximum absolute atomic E-state index is 13.9. The van der Waals surface area contributed by atoms with Crippen LogP contribution in [0.25, 0.3) is 0 Å². The van der Waals surface area contributed by atoms with Crippen LogP contribution >= 0.6 is 11.6 Å². The van der Waals surface area contributed by atoms with Gasteiger partial charge in [-0.05, 0) is 31.2 Å². The minimum Gasteiger partial charge on any atom is -0.327 e. The molecular weight excluding hydrogens is 382 g/mol. The number of halogens is 3. The molecule has 2 aromatic carbocycles. The molecule has 0 aromatic heterocycles. The van der Waals surface area contributed by atoms with E-state index in [9.17, 15) is 17.2 Å². The van der Waals surface area contributed by atoms with E-state index in [1.54, 1.807) is 0 Å². The van der Waals surface area contributed by atoms with Crippen LogP contribution in [0, 0.1) is 11.6 Å². The number of hydrogen-bond donors (Lipinski definition) is 1. The van der Waals surface area contributed by atoms with Crippen molar-refractivity contribution in [3.63, 3.8) is 0 Å². The van der Waals surface area contributed by atoms with Crippen molar-refractivity contribution in [2.45, 2.75) is 17.9 Å². The molecule has 1 aliphatic heterocycles. The van der Waals surface area contributed by atoms with Crippen molar-refractivity contribution in [1.82, 2.24) is 4.31 Å². The minimum atomic E-state index is -4.06. The van der Waals surface area contributed by atoms with E-state index in [4.69, 9.17) is 11.6 Å². The van der Waals surface area contributed by atoms with Crippen LogP contribution in [0.1, 0.15) is 18.5 Å². The lowest BCUT2D eigenvalue weighted by Crippen LogP contribution is -3.14. The number of hydrogen-bond acceptors (Lipinski definition) is 2. The van der Waals surface area contributed by atoms with Crippen LogP contribution in [0.15, 0.2) is 47.4 Å². The molecule has 8 heteroatoms. The van der Waals surface area contributed by atoms with E-state index in [0.29, 0.717) is 18.1 Å². The van der Waals surface area contributed by atoms with Crippen molar-refractivity contribution in [2.75, 3.05) is 26.2 Å². The monoisotopic (exact) mass is 401 g/mol. The minimum absolute atomic E-state index is 0.111. The second-order valence-electron chi connectivity index (χ2n) is 6.38. The molecule has 1 atom stereocenters. The zero-order valence-electron chi connectivity index (χ0n) is 14.3. The van der Waals surface area contributed by atoms with Gasteiger partial charge in [0, 0.05) is 10.6 Å². The van der Waals surface area contributed by atoms with Crippen molar-refractivity contribution in [3.8, 4) is 0 Å². The van der Waals surface area contributed by atoms with Crippen molar-refractivity contribution in [1.29, 1.82) is 0 Å². The Morgan fingerprint density at radius 3 is 2.42 bits per heavy atom. The second-order valence-corrected chi connectivity index (χ2v) is 8.69. The fraction of sp³-hybridized carbons (Fsp3) is 0.333. The fourth-order valence-corrected chi connectivity index (χ4v) is 5.12. The highest BCUT2D eigenvalue weighted by Crippen LogP contribution is 2.22. The summed E-state index contributed by atoms with van der Waals surface area (Å²) in [4.78, 5) is 0.587. The van der Waals surface area contributed by atoms with Crippen LogP contribution in [0.3, 0.4) is 0 Å². The molecule has 140 valence electrons. The van der Waals surface area contributed by atoms with Gasteiger partial charge in [-0.3, -0.25) is 0 Å². The molecule has 1 fully saturated rings. The van der Waals surface area contributed by atoms with E-state index < -0.39 is 26.6 Å². The molecule has 0 bridgehead atoms. The van der Waals surface area contributed by atoms with Gasteiger partial charge in [0.05, 0.1) is 26.2 Å². The number of piperazine rings is 1. The molecule has 1 N–H and O–H groups in total. The van der Waals surface area contributed by atoms with Gasteiger partial charge in [-0.2, -0.15) is 4.31 Å². The smallest absolute Gasteiger partial charge is 0.246 e. The molecular formula is C18H20ClF2N2O2S+. The number of nitrogens with one attached hydrogen (secondary N) is 1. The Bertz CT molecular complexity index is 900. The first-order chi connectivity index (χ1) is 12.3. The third-order valence-corrected chi connectivity index (χ3v) is 7.12. The maximum atomic E-state index is 13.9. The average Bonchev–Trinajstić information content (AvgIpc) is 2.63. The largest absolute Gasteiger partial charge is 0.327 e. The Labute approximate surface area is 157 Å². The first kappa shape index (κ1) is 19.2. The van der Waals surface area contributed by atoms with Gasteiger partial charge in [0.1, 0.15) is 22.6 Å². The predicted molar refractivity (Wildman–Crippen MR) is 95.7 cm³/mol. The molecule has 1 saturated heterocycles. The van der Waals surface area contributed by atoms with E-state index in [1.165, 1.54) is 9.21 Å². The first-order valence-electron chi connectivity index (χ1n) is 8.35. The van der Waals surface area contributed by atoms with E-state index >= 15 is 0 Å². The molecule has 1 aliphatic rings. The quantitative estimate of drug-likeness (QED) is 0.854. The zero-order valence-corrected chi connectivity index (χ0v) is 15.8. The highest BCUT2D eigenvalue weighted by atomic mass is 35.5. The lowest BCUT2D eigenvalue weighted by molar-refractivity contribution is -0.933. The van der Waals surface area contributed by atoms with Crippen LogP contribution in [0.4, 0.5) is 8.78 Å². The molecule has 1 heterocycles. The van der Waals surface area contributed by atoms with Crippen LogP contribution in [0.2, 0.25) is 5.02 Å². The van der Waals surface area contributed by atoms with Gasteiger partial charge < -0.3 is 4.90 Å². The number of sulfonamides is 1. The summed E-state index contributed by atoms with van der Waals surface area (Å²) in [7, 11) is -4.06. The molecule has 2 aromatic rings. The van der Waals surface area contributed by atoms with Crippen LogP contribution in [-0.2, 0) is 10.0 Å². The SMILES string of the molecule is C[C@@H](c1ccccc1Cl)[NH+]1CCN(S(=O)(=O)c2cc(F)ccc2F)CC1. The van der Waals surface area contributed by atoms with Crippen molar-refractivity contribution in [2.24, 2.45) is 0 Å². The summed E-state index contributed by atoms with van der Waals surface area (Å²) in [5, 5.41) is 0.685. The molecule has 0 amide bonds. The number of nitrogens with zero attached hydrogens (tertiary/aromatic N) is 1. The lowest BCUT2D eigenvalue weighted by atomic mass is 10.1. The molecule has 0 spiro atoms. The number of quaternary nitrogens is 1. The highest BCUT2D eigenvalue weighted by molar-refractivity contribution is 7.89. The third kappa shape index (κ3) is 3.76. The Kier molecular flexibility index (Phi) is 5.62. The molecule has 0 unspecified atom stereocenters. The van der Waals surface area contributed by atoms with Crippen LogP contribution in [-0.4, -0.2) is 38.9 Å². The van der Waals surface area contributed by atoms with E-state index in [0.717, 1.165) is 23.8 Å². The molecule has 0 radical (unpaired) electrons. The molecule has 4 nitrogen and oxygen atoms in total. The van der Waals surface area contributed by atoms with Gasteiger partial charge in [-0.1, -0.05) is 29.8 Å². The van der Waals surface area contributed by atoms with Gasteiger partial charge >= 0.3 is 0 Å². The normalized spacial score (nSPS) is 18.0. The summed E-state index contributed by atoms with van der Waals surface area (Å²) < 4.78 is 53.8. The molecule has 26 heavy (non-hydrogen) atoms. The summed E-state index contributed by atoms with van der Waals surface area (Å²) in [6.45, 7) is 3.64. The van der Waals surface area contributed by atoms with Gasteiger partial charge in [0.2, 0.25) is 10.0 Å². The van der Waals surface area contributed by atoms with Gasteiger partial charge in [-0.15, -0.1) is 0 Å². The van der Waals surface area contributed by atoms with E-state index in [-0.39, 0.29) is 19.1 Å². The summed E-state index contributed by atoms with van der Waals surface area (Å²) in [6, 6.07) is 10.2. The van der Waals surface area contributed by atoms with E-state index in [2.05, 4.69) is 0 Å². The van der Waals surface area contributed by atoms with Gasteiger partial charge in [0.25, 0.3) is 0 Å². The molecule has 3 rings (SSSR count). The topological polar surface area (TPSA) is 41.8 Å². The van der Waals surface area contributed by atoms with Gasteiger partial charge in [-0.25, -0.2) is 17.2 Å². The molecule has 0 saturated carbocycles. The van der Waals surface area contributed by atoms with E-state index in [1.807, 2.05) is 31.2 Å². The summed E-state index contributed by atoms with van der Waals surface area (Å²) in [5.74, 6) is -1.72. The van der Waals surface area contributed by atoms with Crippen LogP contribution in [0.5, 0.6) is 0 Å². The summed E-state index contributed by atoms with van der Waals surface area (Å²) in [6.07, 6.45) is 0. The first-order valence-corrected chi connectivity index (χ1v) is 10.2. The number of benzene rings is 2. The zero-order chi connectivity index (χ0) is 18.9. The lowest BCUT2D eigenvalue weighted by Gasteiger charge is -2.35. The Balaban J connectivity index is 1.74. The predicted octanol–water partition coefficient (Wildman–Crippen LogP) is 2.27. The van der Waals surface area contributed by atoms with Crippen molar-refractivity contribution in [3.05, 3.63) is 64.7 Å². The standard InChI is InChI=1S/C18H19ClF2N2O2S/c1-13(15-4-2-3-5-16(15)19)22-8-10-23(11-9-22)26(24,25)18-12-14(20)6-7-17(18)21/h2-7,12-13H,8-11H2,1H3/p+1/t13-/m0/s1. The second kappa shape index (κ2) is 7.60. The Morgan fingerprint density at radius 2 is 1.77 bits per heavy atom. The van der Waals surface area contributed by atoms with Crippen molar-refractivity contribution < 1.29 is 22.1 Å². The maximum Gasteiger partial charge on any atom is 0.246 e. The van der Waals surface area contributed by atoms with Crippen molar-refractivity contribution >= 4 is 21.6 Å². The van der Waals surface area contributed by atoms with Gasteiger partial charge in [0.15, 0.2) is 0 Å². The highest BCUT2D eigenvalue weighted by Gasteiger charge is 2.34. The summed E-state index contributed by atoms with van der Waals surface area (Å²) in [5.41, 5.74) is 1.01. The third-order valence-electron chi connectivity index (χ3n) is 4.86. The average molecular weight is 402 g/mol. The summed E-state index contributed by atoms with van der Waals surface area (Å²) >= 11 is 6.26. The Hall–Kier alpha value is -1.54. The molecule has 0 aliphatic carbocycles. The number of rotatable bonds is 4.